The lowest BCUT2D eigenvalue weighted by atomic mass is 9.84. The topological polar surface area (TPSA) is 93.5 Å². The second-order valence-corrected chi connectivity index (χ2v) is 6.30. The largest absolute Gasteiger partial charge is 0.367 e. The van der Waals surface area contributed by atoms with Crippen LogP contribution < -0.4 is 16.4 Å². The van der Waals surface area contributed by atoms with Crippen molar-refractivity contribution in [3.8, 4) is 0 Å². The maximum Gasteiger partial charge on any atom is 0.246 e. The number of ether oxygens (including phenoxy) is 1. The summed E-state index contributed by atoms with van der Waals surface area (Å²) in [7, 11) is 0. The van der Waals surface area contributed by atoms with Gasteiger partial charge in [-0.2, -0.15) is 0 Å². The van der Waals surface area contributed by atoms with E-state index < -0.39 is 12.0 Å². The molecule has 2 amide bonds. The van der Waals surface area contributed by atoms with Crippen molar-refractivity contribution in [3.05, 3.63) is 0 Å². The zero-order valence-electron chi connectivity index (χ0n) is 13.2. The minimum atomic E-state index is -0.486. The van der Waals surface area contributed by atoms with Crippen molar-refractivity contribution in [1.82, 2.24) is 10.6 Å². The van der Waals surface area contributed by atoms with Crippen molar-refractivity contribution in [2.75, 3.05) is 19.6 Å². The third-order valence-electron chi connectivity index (χ3n) is 4.65. The lowest BCUT2D eigenvalue weighted by molar-refractivity contribution is -0.128. The lowest BCUT2D eigenvalue weighted by Gasteiger charge is -2.28. The molecule has 0 spiro atoms. The van der Waals surface area contributed by atoms with Crippen LogP contribution in [0.3, 0.4) is 0 Å². The highest BCUT2D eigenvalue weighted by Crippen LogP contribution is 2.24. The molecule has 22 heavy (non-hydrogen) atoms. The van der Waals surface area contributed by atoms with Gasteiger partial charge < -0.3 is 21.1 Å². The molecule has 4 N–H and O–H groups in total. The van der Waals surface area contributed by atoms with Gasteiger partial charge in [0.15, 0.2) is 0 Å². The first-order valence-electron chi connectivity index (χ1n) is 7.98. The summed E-state index contributed by atoms with van der Waals surface area (Å²) in [6.45, 7) is 4.74. The first kappa shape index (κ1) is 19.2. The standard InChI is InChI=1S/C15H27N3O3.ClH/c1-10(11-4-6-17-7-5-11)8-14(19)18-9-12-2-3-13(21-12)15(16)20;/h10-13,17H,2-9H2,1H3,(H2,16,20)(H,18,19);1H. The minimum Gasteiger partial charge on any atom is -0.367 e. The fraction of sp³-hybridized carbons (Fsp3) is 0.867. The Morgan fingerprint density at radius 2 is 1.95 bits per heavy atom. The third kappa shape index (κ3) is 5.74. The molecule has 3 unspecified atom stereocenters. The first-order valence-corrected chi connectivity index (χ1v) is 7.98. The molecule has 0 saturated carbocycles. The van der Waals surface area contributed by atoms with Crippen LogP contribution in [0.5, 0.6) is 0 Å². The molecule has 0 radical (unpaired) electrons. The van der Waals surface area contributed by atoms with E-state index in [4.69, 9.17) is 10.5 Å². The zero-order chi connectivity index (χ0) is 15.2. The van der Waals surface area contributed by atoms with Crippen molar-refractivity contribution in [2.24, 2.45) is 17.6 Å². The molecular formula is C15H28ClN3O3. The molecule has 2 aliphatic heterocycles. The van der Waals surface area contributed by atoms with E-state index in [0.29, 0.717) is 31.2 Å². The average molecular weight is 334 g/mol. The summed E-state index contributed by atoms with van der Waals surface area (Å²) >= 11 is 0. The average Bonchev–Trinajstić information content (AvgIpc) is 2.95. The summed E-state index contributed by atoms with van der Waals surface area (Å²) in [5.41, 5.74) is 5.21. The number of hydrogen-bond donors (Lipinski definition) is 3. The summed E-state index contributed by atoms with van der Waals surface area (Å²) in [5, 5.41) is 6.27. The highest BCUT2D eigenvalue weighted by Gasteiger charge is 2.29. The van der Waals surface area contributed by atoms with Crippen LogP contribution in [0.25, 0.3) is 0 Å². The fourth-order valence-electron chi connectivity index (χ4n) is 3.24. The minimum absolute atomic E-state index is 0. The normalized spacial score (nSPS) is 27.0. The molecule has 2 aliphatic rings. The summed E-state index contributed by atoms with van der Waals surface area (Å²) in [5.74, 6) is 0.712. The van der Waals surface area contributed by atoms with E-state index in [-0.39, 0.29) is 24.4 Å². The van der Waals surface area contributed by atoms with Crippen LogP contribution in [-0.4, -0.2) is 43.7 Å². The molecule has 7 heteroatoms. The number of carbonyl (C=O) groups is 2. The Morgan fingerprint density at radius 3 is 2.55 bits per heavy atom. The van der Waals surface area contributed by atoms with Gasteiger partial charge in [-0.1, -0.05) is 6.92 Å². The number of nitrogens with two attached hydrogens (primary N) is 1. The van der Waals surface area contributed by atoms with E-state index in [1.54, 1.807) is 0 Å². The molecule has 0 aromatic rings. The van der Waals surface area contributed by atoms with Crippen LogP contribution >= 0.6 is 12.4 Å². The van der Waals surface area contributed by atoms with E-state index in [1.807, 2.05) is 0 Å². The predicted octanol–water partition coefficient (Wildman–Crippen LogP) is 0.583. The van der Waals surface area contributed by atoms with Crippen molar-refractivity contribution in [1.29, 1.82) is 0 Å². The lowest BCUT2D eigenvalue weighted by Crippen LogP contribution is -2.36. The Balaban J connectivity index is 0.00000242. The molecule has 0 aromatic heterocycles. The maximum absolute atomic E-state index is 12.0. The van der Waals surface area contributed by atoms with Gasteiger partial charge >= 0.3 is 0 Å². The number of halogens is 1. The molecule has 2 rings (SSSR count). The van der Waals surface area contributed by atoms with Gasteiger partial charge in [0.05, 0.1) is 6.10 Å². The molecule has 0 bridgehead atoms. The van der Waals surface area contributed by atoms with Crippen LogP contribution in [0, 0.1) is 11.8 Å². The van der Waals surface area contributed by atoms with E-state index in [9.17, 15) is 9.59 Å². The zero-order valence-corrected chi connectivity index (χ0v) is 14.0. The van der Waals surface area contributed by atoms with Crippen molar-refractivity contribution >= 4 is 24.2 Å². The van der Waals surface area contributed by atoms with Crippen LogP contribution in [-0.2, 0) is 14.3 Å². The maximum atomic E-state index is 12.0. The smallest absolute Gasteiger partial charge is 0.246 e. The highest BCUT2D eigenvalue weighted by atomic mass is 35.5. The number of hydrogen-bond acceptors (Lipinski definition) is 4. The van der Waals surface area contributed by atoms with Crippen LogP contribution in [0.2, 0.25) is 0 Å². The Hall–Kier alpha value is -0.850. The molecule has 2 saturated heterocycles. The number of piperidine rings is 1. The van der Waals surface area contributed by atoms with Gasteiger partial charge in [0.1, 0.15) is 6.10 Å². The first-order chi connectivity index (χ1) is 10.1. The summed E-state index contributed by atoms with van der Waals surface area (Å²) in [6.07, 6.45) is 3.73. The molecule has 6 nitrogen and oxygen atoms in total. The van der Waals surface area contributed by atoms with Crippen molar-refractivity contribution in [2.45, 2.75) is 51.2 Å². The number of carbonyl (C=O) groups excluding carboxylic acids is 2. The van der Waals surface area contributed by atoms with Gasteiger partial charge in [0.25, 0.3) is 0 Å². The molecule has 2 fully saturated rings. The monoisotopic (exact) mass is 333 g/mol. The van der Waals surface area contributed by atoms with Crippen LogP contribution in [0.4, 0.5) is 0 Å². The number of nitrogens with one attached hydrogen (secondary N) is 2. The van der Waals surface area contributed by atoms with E-state index in [1.165, 1.54) is 0 Å². The van der Waals surface area contributed by atoms with E-state index >= 15 is 0 Å². The van der Waals surface area contributed by atoms with Gasteiger partial charge in [-0.05, 0) is 50.6 Å². The quantitative estimate of drug-likeness (QED) is 0.663. The van der Waals surface area contributed by atoms with Crippen molar-refractivity contribution < 1.29 is 14.3 Å². The number of amides is 2. The van der Waals surface area contributed by atoms with Gasteiger partial charge in [0.2, 0.25) is 11.8 Å². The van der Waals surface area contributed by atoms with Gasteiger partial charge in [-0.15, -0.1) is 12.4 Å². The van der Waals surface area contributed by atoms with Gasteiger partial charge in [-0.3, -0.25) is 9.59 Å². The summed E-state index contributed by atoms with van der Waals surface area (Å²) < 4.78 is 5.50. The van der Waals surface area contributed by atoms with E-state index in [0.717, 1.165) is 32.4 Å². The second kappa shape index (κ2) is 9.33. The molecule has 2 heterocycles. The third-order valence-corrected chi connectivity index (χ3v) is 4.65. The van der Waals surface area contributed by atoms with Gasteiger partial charge in [0, 0.05) is 13.0 Å². The molecule has 0 aromatic carbocycles. The Kier molecular flexibility index (Phi) is 8.14. The van der Waals surface area contributed by atoms with Crippen molar-refractivity contribution in [3.63, 3.8) is 0 Å². The number of primary amides is 1. The number of rotatable bonds is 6. The van der Waals surface area contributed by atoms with Crippen LogP contribution in [0.15, 0.2) is 0 Å². The summed E-state index contributed by atoms with van der Waals surface area (Å²) in [6, 6.07) is 0. The SMILES string of the molecule is CC(CC(=O)NCC1CCC(C(N)=O)O1)C1CCNCC1.Cl. The van der Waals surface area contributed by atoms with Crippen LogP contribution in [0.1, 0.15) is 39.0 Å². The van der Waals surface area contributed by atoms with E-state index in [2.05, 4.69) is 17.6 Å². The Bertz CT molecular complexity index is 375. The van der Waals surface area contributed by atoms with Gasteiger partial charge in [-0.25, -0.2) is 0 Å². The highest BCUT2D eigenvalue weighted by molar-refractivity contribution is 5.85. The molecule has 128 valence electrons. The fourth-order valence-corrected chi connectivity index (χ4v) is 3.24. The predicted molar refractivity (Wildman–Crippen MR) is 86.7 cm³/mol. The molecule has 3 atom stereocenters. The molecule has 0 aliphatic carbocycles. The Labute approximate surface area is 138 Å². The Morgan fingerprint density at radius 1 is 1.27 bits per heavy atom. The second-order valence-electron chi connectivity index (χ2n) is 6.30. The molecular weight excluding hydrogens is 306 g/mol. The summed E-state index contributed by atoms with van der Waals surface area (Å²) in [4.78, 5) is 23.0.